The largest absolute Gasteiger partial charge is 0.463 e. The second-order valence-corrected chi connectivity index (χ2v) is 5.47. The first-order valence-corrected chi connectivity index (χ1v) is 7.61. The Hall–Kier alpha value is -1.86. The number of aromatic nitrogens is 5. The van der Waals surface area contributed by atoms with Crippen LogP contribution in [-0.2, 0) is 0 Å². The number of ether oxygens (including phenoxy) is 1. The molecule has 0 bridgehead atoms. The first kappa shape index (κ1) is 14.1. The van der Waals surface area contributed by atoms with Crippen molar-refractivity contribution in [2.75, 3.05) is 6.61 Å². The molecule has 0 fully saturated rings. The third-order valence-electron chi connectivity index (χ3n) is 2.56. The van der Waals surface area contributed by atoms with E-state index in [1.54, 1.807) is 0 Å². The molecule has 0 aliphatic heterocycles. The Bertz CT molecular complexity index is 730. The maximum absolute atomic E-state index is 5.89. The fourth-order valence-electron chi connectivity index (χ4n) is 1.68. The number of para-hydroxylation sites is 2. The number of imidazole rings is 1. The Balaban J connectivity index is 1.84. The smallest absolute Gasteiger partial charge is 0.321 e. The minimum absolute atomic E-state index is 0.106. The predicted octanol–water partition coefficient (Wildman–Crippen LogP) is 3.34. The lowest BCUT2D eigenvalue weighted by Crippen LogP contribution is -2.02. The predicted molar refractivity (Wildman–Crippen MR) is 80.8 cm³/mol. The van der Waals surface area contributed by atoms with E-state index in [2.05, 4.69) is 24.9 Å². The third-order valence-corrected chi connectivity index (χ3v) is 3.48. The van der Waals surface area contributed by atoms with Crippen molar-refractivity contribution >= 4 is 34.4 Å². The molecule has 1 aromatic carbocycles. The number of benzene rings is 1. The van der Waals surface area contributed by atoms with Gasteiger partial charge < -0.3 is 9.72 Å². The normalized spacial score (nSPS) is 11.0. The molecule has 0 amide bonds. The average molecular weight is 322 g/mol. The summed E-state index contributed by atoms with van der Waals surface area (Å²) in [6, 6.07) is 8.02. The second kappa shape index (κ2) is 6.28. The number of hydrogen-bond acceptors (Lipinski definition) is 6. The molecule has 1 N–H and O–H groups in total. The zero-order chi connectivity index (χ0) is 14.7. The number of aromatic amines is 1. The number of nitrogens with one attached hydrogen (secondary N) is 1. The summed E-state index contributed by atoms with van der Waals surface area (Å²) in [6.45, 7) is 2.54. The molecule has 2 heterocycles. The van der Waals surface area contributed by atoms with Crippen molar-refractivity contribution in [3.8, 4) is 6.01 Å². The fourth-order valence-corrected chi connectivity index (χ4v) is 2.62. The minimum atomic E-state index is 0.106. The highest BCUT2D eigenvalue weighted by Crippen LogP contribution is 2.26. The van der Waals surface area contributed by atoms with Gasteiger partial charge in [0.15, 0.2) is 5.16 Å². The van der Waals surface area contributed by atoms with Crippen LogP contribution in [0.3, 0.4) is 0 Å². The van der Waals surface area contributed by atoms with Crippen molar-refractivity contribution in [3.05, 3.63) is 29.5 Å². The van der Waals surface area contributed by atoms with Crippen LogP contribution in [0.2, 0.25) is 5.28 Å². The van der Waals surface area contributed by atoms with Crippen LogP contribution in [-0.4, -0.2) is 31.5 Å². The molecule has 3 aromatic rings. The Labute approximate surface area is 130 Å². The van der Waals surface area contributed by atoms with E-state index < -0.39 is 0 Å². The van der Waals surface area contributed by atoms with Gasteiger partial charge in [-0.15, -0.1) is 0 Å². The van der Waals surface area contributed by atoms with Gasteiger partial charge in [0.25, 0.3) is 0 Å². The van der Waals surface area contributed by atoms with Gasteiger partial charge in [-0.05, 0) is 41.9 Å². The van der Waals surface area contributed by atoms with E-state index in [4.69, 9.17) is 16.3 Å². The zero-order valence-corrected chi connectivity index (χ0v) is 12.8. The summed E-state index contributed by atoms with van der Waals surface area (Å²) in [7, 11) is 0. The van der Waals surface area contributed by atoms with Gasteiger partial charge in [0.2, 0.25) is 10.4 Å². The van der Waals surface area contributed by atoms with E-state index in [0.29, 0.717) is 16.9 Å². The van der Waals surface area contributed by atoms with Crippen molar-refractivity contribution in [1.82, 2.24) is 24.9 Å². The molecule has 0 saturated carbocycles. The Morgan fingerprint density at radius 3 is 2.86 bits per heavy atom. The van der Waals surface area contributed by atoms with Gasteiger partial charge in [-0.25, -0.2) is 4.98 Å². The molecule has 6 nitrogen and oxygen atoms in total. The van der Waals surface area contributed by atoms with Crippen molar-refractivity contribution in [1.29, 1.82) is 0 Å². The summed E-state index contributed by atoms with van der Waals surface area (Å²) in [5.74, 6) is 0. The minimum Gasteiger partial charge on any atom is -0.463 e. The lowest BCUT2D eigenvalue weighted by Gasteiger charge is -2.03. The highest BCUT2D eigenvalue weighted by atomic mass is 35.5. The highest BCUT2D eigenvalue weighted by Gasteiger charge is 2.10. The molecule has 3 rings (SSSR count). The molecular formula is C13H12ClN5OS. The van der Waals surface area contributed by atoms with Crippen LogP contribution in [0.1, 0.15) is 13.3 Å². The summed E-state index contributed by atoms with van der Waals surface area (Å²) >= 11 is 7.17. The molecule has 8 heteroatoms. The fraction of sp³-hybridized carbons (Fsp3) is 0.231. The maximum atomic E-state index is 5.89. The average Bonchev–Trinajstić information content (AvgIpc) is 2.86. The Kier molecular flexibility index (Phi) is 4.21. The lowest BCUT2D eigenvalue weighted by molar-refractivity contribution is 0.288. The Morgan fingerprint density at radius 1 is 1.19 bits per heavy atom. The van der Waals surface area contributed by atoms with Crippen LogP contribution in [0.4, 0.5) is 0 Å². The molecule has 0 radical (unpaired) electrons. The quantitative estimate of drug-likeness (QED) is 0.776. The van der Waals surface area contributed by atoms with Crippen LogP contribution in [0, 0.1) is 0 Å². The molecule has 108 valence electrons. The van der Waals surface area contributed by atoms with Gasteiger partial charge in [-0.3, -0.25) is 0 Å². The van der Waals surface area contributed by atoms with Crippen LogP contribution in [0.5, 0.6) is 6.01 Å². The standard InChI is InChI=1S/C13H12ClN5OS/c1-2-7-20-11-17-10(14)18-13(19-11)21-12-15-8-5-3-4-6-9(8)16-12/h3-6H,2,7H2,1H3,(H,15,16). The van der Waals surface area contributed by atoms with Crippen LogP contribution in [0.15, 0.2) is 34.6 Å². The van der Waals surface area contributed by atoms with Crippen molar-refractivity contribution in [2.45, 2.75) is 23.7 Å². The zero-order valence-electron chi connectivity index (χ0n) is 11.2. The van der Waals surface area contributed by atoms with E-state index in [-0.39, 0.29) is 11.3 Å². The number of hydrogen-bond donors (Lipinski definition) is 1. The number of fused-ring (bicyclic) bond motifs is 1. The monoisotopic (exact) mass is 321 g/mol. The van der Waals surface area contributed by atoms with E-state index >= 15 is 0 Å². The van der Waals surface area contributed by atoms with Gasteiger partial charge in [0.1, 0.15) is 0 Å². The third kappa shape index (κ3) is 3.43. The molecule has 0 unspecified atom stereocenters. The molecule has 2 aromatic heterocycles. The SMILES string of the molecule is CCCOc1nc(Cl)nc(Sc2nc3ccccc3[nH]2)n1. The van der Waals surface area contributed by atoms with Crippen molar-refractivity contribution in [3.63, 3.8) is 0 Å². The van der Waals surface area contributed by atoms with Gasteiger partial charge in [-0.1, -0.05) is 19.1 Å². The molecular weight excluding hydrogens is 310 g/mol. The van der Waals surface area contributed by atoms with Gasteiger partial charge in [0.05, 0.1) is 17.6 Å². The summed E-state index contributed by atoms with van der Waals surface area (Å²) in [5, 5.41) is 1.25. The van der Waals surface area contributed by atoms with E-state index in [9.17, 15) is 0 Å². The molecule has 0 aliphatic rings. The second-order valence-electron chi connectivity index (χ2n) is 4.18. The number of rotatable bonds is 5. The molecule has 0 spiro atoms. The lowest BCUT2D eigenvalue weighted by atomic mass is 10.3. The number of H-pyrrole nitrogens is 1. The first-order chi connectivity index (χ1) is 10.2. The van der Waals surface area contributed by atoms with E-state index in [1.165, 1.54) is 11.8 Å². The van der Waals surface area contributed by atoms with Crippen LogP contribution in [0.25, 0.3) is 11.0 Å². The van der Waals surface area contributed by atoms with Crippen molar-refractivity contribution < 1.29 is 4.74 Å². The number of halogens is 1. The first-order valence-electron chi connectivity index (χ1n) is 6.41. The summed E-state index contributed by atoms with van der Waals surface area (Å²) in [5.41, 5.74) is 1.85. The molecule has 21 heavy (non-hydrogen) atoms. The van der Waals surface area contributed by atoms with Gasteiger partial charge in [0, 0.05) is 0 Å². The van der Waals surface area contributed by atoms with E-state index in [1.807, 2.05) is 31.2 Å². The van der Waals surface area contributed by atoms with Gasteiger partial charge in [-0.2, -0.15) is 15.0 Å². The molecule has 0 aliphatic carbocycles. The summed E-state index contributed by atoms with van der Waals surface area (Å²) < 4.78 is 5.38. The highest BCUT2D eigenvalue weighted by molar-refractivity contribution is 7.99. The van der Waals surface area contributed by atoms with Crippen LogP contribution < -0.4 is 4.74 Å². The maximum Gasteiger partial charge on any atom is 0.321 e. The van der Waals surface area contributed by atoms with Crippen molar-refractivity contribution in [2.24, 2.45) is 0 Å². The Morgan fingerprint density at radius 2 is 2.05 bits per heavy atom. The number of nitrogens with zero attached hydrogens (tertiary/aromatic N) is 4. The summed E-state index contributed by atoms with van der Waals surface area (Å²) in [4.78, 5) is 19.9. The van der Waals surface area contributed by atoms with Crippen LogP contribution >= 0.6 is 23.4 Å². The summed E-state index contributed by atoms with van der Waals surface area (Å²) in [6.07, 6.45) is 0.870. The molecule has 0 saturated heterocycles. The van der Waals surface area contributed by atoms with E-state index in [0.717, 1.165) is 17.5 Å². The van der Waals surface area contributed by atoms with Gasteiger partial charge >= 0.3 is 6.01 Å². The topological polar surface area (TPSA) is 76.6 Å². The molecule has 0 atom stereocenters.